The van der Waals surface area contributed by atoms with E-state index in [1.807, 2.05) is 55.9 Å². The second kappa shape index (κ2) is 12.6. The topological polar surface area (TPSA) is 58.3 Å². The molecule has 10 rings (SSSR count). The molecule has 8 aromatic carbocycles. The molecule has 2 heterocycles. The van der Waals surface area contributed by atoms with Crippen molar-refractivity contribution in [2.45, 2.75) is 10.9 Å². The van der Waals surface area contributed by atoms with E-state index in [0.717, 1.165) is 27.8 Å². The van der Waals surface area contributed by atoms with Gasteiger partial charge in [-0.1, -0.05) is 121 Å². The summed E-state index contributed by atoms with van der Waals surface area (Å²) in [7, 11) is 5.04. The lowest BCUT2D eigenvalue weighted by atomic mass is 9.45. The van der Waals surface area contributed by atoms with Crippen molar-refractivity contribution in [2.75, 3.05) is 0 Å². The van der Waals surface area contributed by atoms with Gasteiger partial charge >= 0.3 is 0 Å². The third-order valence-electron chi connectivity index (χ3n) is 11.5. The average Bonchev–Trinajstić information content (AvgIpc) is 3.79. The van der Waals surface area contributed by atoms with E-state index in [-0.39, 0.29) is 0 Å². The first-order valence-electron chi connectivity index (χ1n) is 18.7. The summed E-state index contributed by atoms with van der Waals surface area (Å²) in [6.45, 7) is 0. The zero-order valence-electron chi connectivity index (χ0n) is 30.8. The first-order chi connectivity index (χ1) is 26.7. The standard InChI is InChI=1S/C47H35B3N2O2S/c48-46(49,47(50,53)54)45-51-39-14-6-7-15-40(39)52(45)32-24-21-29(22-25-32)28-17-19-30(20-18-28)43-34-10-1-3-12-36(34)44(37-13-4-2-11-35(37)43)31-23-26-42-38(27-31)33-9-5-8-16-41(33)55-42/h1-27,53-54H,48-50H2. The lowest BCUT2D eigenvalue weighted by Gasteiger charge is -2.36. The maximum Gasteiger partial charge on any atom is 0.177 e. The molecule has 10 aromatic rings. The molecule has 0 radical (unpaired) electrons. The van der Waals surface area contributed by atoms with Gasteiger partial charge in [0.1, 0.15) is 27.2 Å². The highest BCUT2D eigenvalue weighted by Crippen LogP contribution is 2.45. The highest BCUT2D eigenvalue weighted by atomic mass is 32.1. The molecule has 0 unspecified atom stereocenters. The lowest BCUT2D eigenvalue weighted by Crippen LogP contribution is -2.54. The molecule has 0 saturated heterocycles. The predicted octanol–water partition coefficient (Wildman–Crippen LogP) is 8.39. The highest BCUT2D eigenvalue weighted by Gasteiger charge is 2.42. The number of benzene rings is 8. The number of para-hydroxylation sites is 2. The van der Waals surface area contributed by atoms with Gasteiger partial charge in [-0.2, -0.15) is 0 Å². The van der Waals surface area contributed by atoms with Crippen LogP contribution in [0.1, 0.15) is 5.82 Å². The molecule has 0 spiro atoms. The normalized spacial score (nSPS) is 12.4. The number of fused-ring (bicyclic) bond motifs is 6. The van der Waals surface area contributed by atoms with Gasteiger partial charge in [-0.15, -0.1) is 11.3 Å². The molecule has 0 aliphatic heterocycles. The summed E-state index contributed by atoms with van der Waals surface area (Å²) in [6.07, 6.45) is 0. The van der Waals surface area contributed by atoms with Crippen LogP contribution in [0.15, 0.2) is 164 Å². The average molecular weight is 724 g/mol. The summed E-state index contributed by atoms with van der Waals surface area (Å²) in [5.74, 6) is 0.587. The smallest absolute Gasteiger partial charge is 0.177 e. The largest absolute Gasteiger partial charge is 0.375 e. The third kappa shape index (κ3) is 5.36. The summed E-state index contributed by atoms with van der Waals surface area (Å²) < 4.78 is 4.66. The second-order valence-corrected chi connectivity index (χ2v) is 16.3. The van der Waals surface area contributed by atoms with Crippen LogP contribution in [-0.2, 0) is 5.21 Å². The van der Waals surface area contributed by atoms with Crippen molar-refractivity contribution in [1.82, 2.24) is 9.55 Å². The molecule has 0 aliphatic carbocycles. The molecule has 260 valence electrons. The van der Waals surface area contributed by atoms with Crippen LogP contribution in [0.3, 0.4) is 0 Å². The number of hydrogen-bond acceptors (Lipinski definition) is 4. The molecule has 2 aromatic heterocycles. The molecule has 0 atom stereocenters. The molecule has 2 N–H and O–H groups in total. The lowest BCUT2D eigenvalue weighted by molar-refractivity contribution is -0.100. The van der Waals surface area contributed by atoms with Crippen LogP contribution in [0.2, 0.25) is 0 Å². The van der Waals surface area contributed by atoms with Gasteiger partial charge in [0.15, 0.2) is 7.85 Å². The van der Waals surface area contributed by atoms with Gasteiger partial charge in [0.05, 0.1) is 11.0 Å². The fourth-order valence-electron chi connectivity index (χ4n) is 8.18. The number of hydrogen-bond donors (Lipinski definition) is 2. The molecular weight excluding hydrogens is 689 g/mol. The van der Waals surface area contributed by atoms with E-state index in [2.05, 4.69) is 140 Å². The summed E-state index contributed by atoms with van der Waals surface area (Å²) in [5.41, 5.74) is 7.77. The maximum atomic E-state index is 10.7. The number of aromatic nitrogens is 2. The number of imidazole rings is 1. The van der Waals surface area contributed by atoms with Crippen molar-refractivity contribution < 1.29 is 10.2 Å². The minimum atomic E-state index is -1.97. The molecule has 0 amide bonds. The van der Waals surface area contributed by atoms with Crippen LogP contribution >= 0.6 is 11.3 Å². The van der Waals surface area contributed by atoms with E-state index in [0.29, 0.717) is 5.82 Å². The molecule has 0 bridgehead atoms. The van der Waals surface area contributed by atoms with Gasteiger partial charge in [-0.05, 0) is 97.4 Å². The zero-order valence-corrected chi connectivity index (χ0v) is 31.6. The van der Waals surface area contributed by atoms with Crippen molar-refractivity contribution in [2.24, 2.45) is 0 Å². The van der Waals surface area contributed by atoms with E-state index < -0.39 is 10.9 Å². The van der Waals surface area contributed by atoms with Gasteiger partial charge in [0.25, 0.3) is 0 Å². The molecule has 4 nitrogen and oxygen atoms in total. The van der Waals surface area contributed by atoms with E-state index in [4.69, 9.17) is 4.98 Å². The van der Waals surface area contributed by atoms with Gasteiger partial charge in [0, 0.05) is 31.1 Å². The number of rotatable bonds is 6. The fourth-order valence-corrected chi connectivity index (χ4v) is 9.27. The number of aliphatic hydroxyl groups is 2. The van der Waals surface area contributed by atoms with Crippen LogP contribution in [0.25, 0.3) is 91.8 Å². The summed E-state index contributed by atoms with van der Waals surface area (Å²) in [6, 6.07) is 58.5. The summed E-state index contributed by atoms with van der Waals surface area (Å²) in [4.78, 5) is 4.88. The molecular formula is C47H35B3N2O2S. The summed E-state index contributed by atoms with van der Waals surface area (Å²) in [5, 5.41) is 28.0. The van der Waals surface area contributed by atoms with Crippen molar-refractivity contribution in [1.29, 1.82) is 0 Å². The Balaban J connectivity index is 1.06. The Bertz CT molecular complexity index is 3050. The Morgan fingerprint density at radius 2 is 0.945 bits per heavy atom. The van der Waals surface area contributed by atoms with E-state index in [1.165, 1.54) is 71.8 Å². The SMILES string of the molecule is BC(O)(O)C(B)(B)c1nc2ccccc2n1-c1ccc(-c2ccc(-c3c4ccccc4c(-c4ccc5sc6ccccc6c5c4)c4ccccc34)cc2)cc1. The quantitative estimate of drug-likeness (QED) is 0.103. The van der Waals surface area contributed by atoms with Crippen LogP contribution in [-0.4, -0.2) is 49.0 Å². The van der Waals surface area contributed by atoms with Gasteiger partial charge in [-0.25, -0.2) is 4.98 Å². The van der Waals surface area contributed by atoms with Crippen molar-refractivity contribution in [3.8, 4) is 39.1 Å². The molecule has 8 heteroatoms. The highest BCUT2D eigenvalue weighted by molar-refractivity contribution is 7.25. The second-order valence-electron chi connectivity index (χ2n) is 15.2. The summed E-state index contributed by atoms with van der Waals surface area (Å²) >= 11 is 1.85. The van der Waals surface area contributed by atoms with Gasteiger partial charge < -0.3 is 10.2 Å². The maximum absolute atomic E-state index is 10.7. The van der Waals surface area contributed by atoms with Crippen LogP contribution < -0.4 is 0 Å². The molecule has 0 saturated carbocycles. The van der Waals surface area contributed by atoms with E-state index >= 15 is 0 Å². The molecule has 55 heavy (non-hydrogen) atoms. The number of thiophene rings is 1. The first kappa shape index (κ1) is 33.6. The molecule has 0 fully saturated rings. The van der Waals surface area contributed by atoms with Crippen molar-refractivity contribution in [3.63, 3.8) is 0 Å². The Morgan fingerprint density at radius 3 is 1.56 bits per heavy atom. The minimum Gasteiger partial charge on any atom is -0.375 e. The first-order valence-corrected chi connectivity index (χ1v) is 19.5. The Labute approximate surface area is 325 Å². The zero-order chi connectivity index (χ0) is 37.5. The predicted molar refractivity (Wildman–Crippen MR) is 240 cm³/mol. The van der Waals surface area contributed by atoms with Gasteiger partial charge in [0.2, 0.25) is 0 Å². The minimum absolute atomic E-state index is 0.587. The van der Waals surface area contributed by atoms with E-state index in [1.54, 1.807) is 0 Å². The monoisotopic (exact) mass is 724 g/mol. The Kier molecular flexibility index (Phi) is 7.69. The fraction of sp³-hybridized carbons (Fsp3) is 0.0426. The third-order valence-corrected chi connectivity index (χ3v) is 12.7. The van der Waals surface area contributed by atoms with Gasteiger partial charge in [-0.3, -0.25) is 4.57 Å². The van der Waals surface area contributed by atoms with Crippen LogP contribution in [0, 0.1) is 0 Å². The Hall–Kier alpha value is -5.92. The number of nitrogens with zero attached hydrogens (tertiary/aromatic N) is 2. The van der Waals surface area contributed by atoms with Crippen molar-refractivity contribution in [3.05, 3.63) is 170 Å². The van der Waals surface area contributed by atoms with E-state index in [9.17, 15) is 10.2 Å². The Morgan fingerprint density at radius 1 is 0.473 bits per heavy atom. The van der Waals surface area contributed by atoms with Crippen molar-refractivity contribution >= 4 is 87.6 Å². The molecule has 0 aliphatic rings. The van der Waals surface area contributed by atoms with Crippen LogP contribution in [0.5, 0.6) is 0 Å². The van der Waals surface area contributed by atoms with Crippen LogP contribution in [0.4, 0.5) is 0 Å².